The summed E-state index contributed by atoms with van der Waals surface area (Å²) >= 11 is 5.89. The lowest BCUT2D eigenvalue weighted by Gasteiger charge is -2.06. The van der Waals surface area contributed by atoms with E-state index in [2.05, 4.69) is 0 Å². The number of hydrogen-bond donors (Lipinski definition) is 0. The van der Waals surface area contributed by atoms with E-state index in [1.54, 1.807) is 6.07 Å². The van der Waals surface area contributed by atoms with Crippen molar-refractivity contribution in [3.63, 3.8) is 0 Å². The summed E-state index contributed by atoms with van der Waals surface area (Å²) in [6.07, 6.45) is -0.204. The number of ketones is 1. The van der Waals surface area contributed by atoms with Gasteiger partial charge in [0.1, 0.15) is 5.82 Å². The molecule has 0 radical (unpaired) electrons. The van der Waals surface area contributed by atoms with Crippen LogP contribution in [0.2, 0.25) is 5.02 Å². The molecular formula is C15H8ClFN2O3. The lowest BCUT2D eigenvalue weighted by atomic mass is 9.99. The Balaban J connectivity index is 2.36. The Labute approximate surface area is 129 Å². The van der Waals surface area contributed by atoms with Gasteiger partial charge in [0.2, 0.25) is 0 Å². The Hall–Kier alpha value is -2.78. The molecule has 5 nitrogen and oxygen atoms in total. The van der Waals surface area contributed by atoms with Gasteiger partial charge in [-0.05, 0) is 23.8 Å². The average Bonchev–Trinajstić information content (AvgIpc) is 2.49. The van der Waals surface area contributed by atoms with Gasteiger partial charge < -0.3 is 0 Å². The molecule has 0 aliphatic heterocycles. The fourth-order valence-electron chi connectivity index (χ4n) is 1.92. The number of non-ortho nitro benzene ring substituents is 1. The SMILES string of the molecule is N#Cc1cc(F)ccc1CC(=O)c1cc([N+](=O)[O-])ccc1Cl. The number of hydrogen-bond acceptors (Lipinski definition) is 4. The van der Waals surface area contributed by atoms with E-state index in [9.17, 15) is 19.3 Å². The Morgan fingerprint density at radius 1 is 1.32 bits per heavy atom. The number of nitro groups is 1. The fraction of sp³-hybridized carbons (Fsp3) is 0.0667. The molecule has 0 saturated carbocycles. The Kier molecular flexibility index (Phi) is 4.49. The topological polar surface area (TPSA) is 84.0 Å². The lowest BCUT2D eigenvalue weighted by Crippen LogP contribution is -2.07. The van der Waals surface area contributed by atoms with Crippen LogP contribution in [0.3, 0.4) is 0 Å². The average molecular weight is 319 g/mol. The van der Waals surface area contributed by atoms with Gasteiger partial charge in [-0.1, -0.05) is 17.7 Å². The number of halogens is 2. The van der Waals surface area contributed by atoms with E-state index in [-0.39, 0.29) is 28.3 Å². The first kappa shape index (κ1) is 15.6. The van der Waals surface area contributed by atoms with Gasteiger partial charge in [-0.25, -0.2) is 4.39 Å². The Morgan fingerprint density at radius 2 is 2.05 bits per heavy atom. The van der Waals surface area contributed by atoms with Crippen molar-refractivity contribution in [3.05, 3.63) is 74.0 Å². The molecule has 110 valence electrons. The fourth-order valence-corrected chi connectivity index (χ4v) is 2.14. The quantitative estimate of drug-likeness (QED) is 0.489. The largest absolute Gasteiger partial charge is 0.294 e. The van der Waals surface area contributed by atoms with Crippen LogP contribution in [0.1, 0.15) is 21.5 Å². The molecule has 7 heteroatoms. The van der Waals surface area contributed by atoms with Gasteiger partial charge >= 0.3 is 0 Å². The van der Waals surface area contributed by atoms with Crippen molar-refractivity contribution in [2.75, 3.05) is 0 Å². The van der Waals surface area contributed by atoms with Crippen molar-refractivity contribution in [2.24, 2.45) is 0 Å². The summed E-state index contributed by atoms with van der Waals surface area (Å²) in [5, 5.41) is 19.8. The number of nitriles is 1. The van der Waals surface area contributed by atoms with Gasteiger partial charge in [0.25, 0.3) is 5.69 Å². The van der Waals surface area contributed by atoms with E-state index in [0.717, 1.165) is 18.2 Å². The van der Waals surface area contributed by atoms with Crippen LogP contribution < -0.4 is 0 Å². The highest BCUT2D eigenvalue weighted by molar-refractivity contribution is 6.34. The van der Waals surface area contributed by atoms with Gasteiger partial charge in [0.15, 0.2) is 5.78 Å². The molecule has 0 heterocycles. The number of Topliss-reactive ketones (excluding diaryl/α,β-unsaturated/α-hetero) is 1. The molecule has 2 aromatic carbocycles. The van der Waals surface area contributed by atoms with E-state index in [4.69, 9.17) is 16.9 Å². The van der Waals surface area contributed by atoms with E-state index in [1.165, 1.54) is 18.2 Å². The highest BCUT2D eigenvalue weighted by Crippen LogP contribution is 2.24. The first-order valence-electron chi connectivity index (χ1n) is 6.08. The predicted molar refractivity (Wildman–Crippen MR) is 77.3 cm³/mol. The zero-order chi connectivity index (χ0) is 16.3. The van der Waals surface area contributed by atoms with Crippen LogP contribution in [-0.2, 0) is 6.42 Å². The van der Waals surface area contributed by atoms with Crippen LogP contribution in [0.15, 0.2) is 36.4 Å². The highest BCUT2D eigenvalue weighted by atomic mass is 35.5. The summed E-state index contributed by atoms with van der Waals surface area (Å²) in [6, 6.07) is 8.84. The number of carbonyl (C=O) groups is 1. The summed E-state index contributed by atoms with van der Waals surface area (Å²) in [5.41, 5.74) is 0.0998. The standard InChI is InChI=1S/C15H8ClFN2O3/c16-14-4-3-12(19(21)22)7-13(14)15(20)6-9-1-2-11(17)5-10(9)8-18/h1-5,7H,6H2. The molecule has 0 N–H and O–H groups in total. The molecule has 0 amide bonds. The van der Waals surface area contributed by atoms with E-state index in [1.807, 2.05) is 0 Å². The molecule has 2 rings (SSSR count). The summed E-state index contributed by atoms with van der Waals surface area (Å²) in [7, 11) is 0. The minimum absolute atomic E-state index is 0.0101. The van der Waals surface area contributed by atoms with Crippen LogP contribution in [-0.4, -0.2) is 10.7 Å². The summed E-state index contributed by atoms with van der Waals surface area (Å²) < 4.78 is 13.1. The number of rotatable bonds is 4. The second kappa shape index (κ2) is 6.33. The van der Waals surface area contributed by atoms with Crippen molar-refractivity contribution in [1.82, 2.24) is 0 Å². The smallest absolute Gasteiger partial charge is 0.270 e. The minimum Gasteiger partial charge on any atom is -0.294 e. The van der Waals surface area contributed by atoms with Gasteiger partial charge in [-0.2, -0.15) is 5.26 Å². The number of nitro benzene ring substituents is 1. The third kappa shape index (κ3) is 3.27. The summed E-state index contributed by atoms with van der Waals surface area (Å²) in [6.45, 7) is 0. The Bertz CT molecular complexity index is 815. The molecule has 22 heavy (non-hydrogen) atoms. The molecule has 0 aliphatic rings. The van der Waals surface area contributed by atoms with Crippen molar-refractivity contribution >= 4 is 23.1 Å². The number of nitrogens with zero attached hydrogens (tertiary/aromatic N) is 2. The van der Waals surface area contributed by atoms with Gasteiger partial charge in [0, 0.05) is 24.1 Å². The third-order valence-corrected chi connectivity index (χ3v) is 3.33. The van der Waals surface area contributed by atoms with Crippen LogP contribution in [0.25, 0.3) is 0 Å². The van der Waals surface area contributed by atoms with Crippen LogP contribution in [0.4, 0.5) is 10.1 Å². The third-order valence-electron chi connectivity index (χ3n) is 3.00. The number of benzene rings is 2. The number of carbonyl (C=O) groups excluding carboxylic acids is 1. The summed E-state index contributed by atoms with van der Waals surface area (Å²) in [5.74, 6) is -1.07. The van der Waals surface area contributed by atoms with E-state index < -0.39 is 16.5 Å². The monoisotopic (exact) mass is 318 g/mol. The zero-order valence-electron chi connectivity index (χ0n) is 11.0. The van der Waals surface area contributed by atoms with Crippen molar-refractivity contribution in [1.29, 1.82) is 5.26 Å². The molecule has 0 spiro atoms. The first-order chi connectivity index (χ1) is 10.4. The predicted octanol–water partition coefficient (Wildman–Crippen LogP) is 3.68. The molecule has 0 atom stereocenters. The van der Waals surface area contributed by atoms with Crippen LogP contribution >= 0.6 is 11.6 Å². The van der Waals surface area contributed by atoms with E-state index in [0.29, 0.717) is 5.56 Å². The minimum atomic E-state index is -0.633. The second-order valence-electron chi connectivity index (χ2n) is 4.43. The highest BCUT2D eigenvalue weighted by Gasteiger charge is 2.17. The first-order valence-corrected chi connectivity index (χ1v) is 6.46. The second-order valence-corrected chi connectivity index (χ2v) is 4.84. The van der Waals surface area contributed by atoms with Crippen LogP contribution in [0.5, 0.6) is 0 Å². The maximum absolute atomic E-state index is 13.1. The van der Waals surface area contributed by atoms with Gasteiger partial charge in [-0.15, -0.1) is 0 Å². The molecule has 0 unspecified atom stereocenters. The summed E-state index contributed by atoms with van der Waals surface area (Å²) in [4.78, 5) is 22.4. The van der Waals surface area contributed by atoms with Crippen molar-refractivity contribution < 1.29 is 14.1 Å². The van der Waals surface area contributed by atoms with E-state index >= 15 is 0 Å². The lowest BCUT2D eigenvalue weighted by molar-refractivity contribution is -0.384. The maximum atomic E-state index is 13.1. The molecule has 0 saturated heterocycles. The molecule has 2 aromatic rings. The molecule has 0 aromatic heterocycles. The van der Waals surface area contributed by atoms with Gasteiger partial charge in [-0.3, -0.25) is 14.9 Å². The van der Waals surface area contributed by atoms with Crippen molar-refractivity contribution in [3.8, 4) is 6.07 Å². The van der Waals surface area contributed by atoms with Crippen molar-refractivity contribution in [2.45, 2.75) is 6.42 Å². The zero-order valence-corrected chi connectivity index (χ0v) is 11.8. The molecule has 0 bridgehead atoms. The molecule has 0 aliphatic carbocycles. The molecular weight excluding hydrogens is 311 g/mol. The maximum Gasteiger partial charge on any atom is 0.270 e. The van der Waals surface area contributed by atoms with Crippen LogP contribution in [0, 0.1) is 27.3 Å². The normalized spacial score (nSPS) is 10.0. The van der Waals surface area contributed by atoms with Gasteiger partial charge in [0.05, 0.1) is 21.6 Å². The molecule has 0 fully saturated rings. The Morgan fingerprint density at radius 3 is 2.68 bits per heavy atom.